The molecule has 25 heavy (non-hydrogen) atoms. The summed E-state index contributed by atoms with van der Waals surface area (Å²) in [6, 6.07) is 3.96. The maximum Gasteiger partial charge on any atom is 0.312 e. The van der Waals surface area contributed by atoms with E-state index in [9.17, 15) is 14.0 Å². The molecule has 1 aromatic rings. The number of cyclic esters (lactones) is 1. The highest BCUT2D eigenvalue weighted by Gasteiger charge is 2.50. The summed E-state index contributed by atoms with van der Waals surface area (Å²) < 4.78 is 19.4. The predicted molar refractivity (Wildman–Crippen MR) is 92.0 cm³/mol. The van der Waals surface area contributed by atoms with Gasteiger partial charge in [0, 0.05) is 31.1 Å². The van der Waals surface area contributed by atoms with Crippen molar-refractivity contribution in [3.63, 3.8) is 0 Å². The van der Waals surface area contributed by atoms with Gasteiger partial charge in [0.05, 0.1) is 11.0 Å². The molecule has 3 rings (SSSR count). The van der Waals surface area contributed by atoms with Gasteiger partial charge in [0.15, 0.2) is 0 Å². The van der Waals surface area contributed by atoms with Crippen molar-refractivity contribution in [3.8, 4) is 0 Å². The van der Waals surface area contributed by atoms with Crippen LogP contribution in [0, 0.1) is 11.2 Å². The maximum atomic E-state index is 13.9. The van der Waals surface area contributed by atoms with Gasteiger partial charge in [-0.2, -0.15) is 0 Å². The van der Waals surface area contributed by atoms with Crippen molar-refractivity contribution < 1.29 is 18.7 Å². The number of nitrogens with zero attached hydrogens (tertiary/aromatic N) is 2. The molecule has 2 aliphatic rings. The standard InChI is InChI=1S/C18H22ClFN2O3/c1-21(2)11-13-10-18(17(24)25-13)5-7-22(8-6-18)16(23)14-9-12(19)3-4-15(14)20/h3-4,9,13H,5-8,10-11H2,1-2H3. The van der Waals surface area contributed by atoms with Crippen LogP contribution in [-0.4, -0.2) is 61.5 Å². The third-order valence-corrected chi connectivity index (χ3v) is 5.30. The molecule has 0 bridgehead atoms. The predicted octanol–water partition coefficient (Wildman–Crippen LogP) is 2.58. The number of rotatable bonds is 3. The van der Waals surface area contributed by atoms with Crippen molar-refractivity contribution in [1.82, 2.24) is 9.80 Å². The zero-order chi connectivity index (χ0) is 18.2. The minimum atomic E-state index is -0.582. The van der Waals surface area contributed by atoms with Gasteiger partial charge in [-0.3, -0.25) is 9.59 Å². The number of esters is 1. The Morgan fingerprint density at radius 3 is 2.72 bits per heavy atom. The minimum absolute atomic E-state index is 0.0251. The van der Waals surface area contributed by atoms with Crippen molar-refractivity contribution in [2.75, 3.05) is 33.7 Å². The molecule has 2 heterocycles. The molecular weight excluding hydrogens is 347 g/mol. The van der Waals surface area contributed by atoms with E-state index in [4.69, 9.17) is 16.3 Å². The van der Waals surface area contributed by atoms with Gasteiger partial charge in [0.2, 0.25) is 0 Å². The molecule has 0 aromatic heterocycles. The van der Waals surface area contributed by atoms with Crippen LogP contribution >= 0.6 is 11.6 Å². The highest BCUT2D eigenvalue weighted by molar-refractivity contribution is 6.31. The number of amides is 1. The summed E-state index contributed by atoms with van der Waals surface area (Å²) in [5.41, 5.74) is -0.535. The number of carbonyl (C=O) groups is 2. The average Bonchev–Trinajstić information content (AvgIpc) is 2.84. The monoisotopic (exact) mass is 368 g/mol. The summed E-state index contributed by atoms with van der Waals surface area (Å²) in [4.78, 5) is 28.5. The second-order valence-corrected chi connectivity index (χ2v) is 7.63. The number of carbonyl (C=O) groups excluding carboxylic acids is 2. The molecule has 1 amide bonds. The van der Waals surface area contributed by atoms with Crippen molar-refractivity contribution >= 4 is 23.5 Å². The lowest BCUT2D eigenvalue weighted by atomic mass is 9.76. The Balaban J connectivity index is 1.66. The second kappa shape index (κ2) is 6.92. The Morgan fingerprint density at radius 2 is 2.08 bits per heavy atom. The quantitative estimate of drug-likeness (QED) is 0.769. The first-order valence-electron chi connectivity index (χ1n) is 8.41. The minimum Gasteiger partial charge on any atom is -0.461 e. The fraction of sp³-hybridized carbons (Fsp3) is 0.556. The lowest BCUT2D eigenvalue weighted by Crippen LogP contribution is -2.45. The molecule has 1 spiro atoms. The summed E-state index contributed by atoms with van der Waals surface area (Å²) >= 11 is 5.87. The molecule has 0 N–H and O–H groups in total. The number of benzene rings is 1. The van der Waals surface area contributed by atoms with Crippen molar-refractivity contribution in [2.45, 2.75) is 25.4 Å². The number of halogens is 2. The molecule has 7 heteroatoms. The summed E-state index contributed by atoms with van der Waals surface area (Å²) in [5.74, 6) is -1.13. The van der Waals surface area contributed by atoms with Gasteiger partial charge in [-0.25, -0.2) is 4.39 Å². The Labute approximate surface area is 151 Å². The summed E-state index contributed by atoms with van der Waals surface area (Å²) in [6.07, 6.45) is 1.67. The first-order valence-corrected chi connectivity index (χ1v) is 8.79. The van der Waals surface area contributed by atoms with E-state index >= 15 is 0 Å². The average molecular weight is 369 g/mol. The van der Waals surface area contributed by atoms with E-state index < -0.39 is 11.2 Å². The van der Waals surface area contributed by atoms with Crippen LogP contribution in [0.4, 0.5) is 4.39 Å². The molecule has 2 aliphatic heterocycles. The fourth-order valence-corrected chi connectivity index (χ4v) is 3.90. The molecule has 0 radical (unpaired) electrons. The molecular formula is C18H22ClFN2O3. The third kappa shape index (κ3) is 3.65. The molecule has 2 fully saturated rings. The number of ether oxygens (including phenoxy) is 1. The molecule has 0 saturated carbocycles. The molecule has 0 aliphatic carbocycles. The van der Waals surface area contributed by atoms with E-state index in [1.165, 1.54) is 18.2 Å². The van der Waals surface area contributed by atoms with Gasteiger partial charge in [-0.15, -0.1) is 0 Å². The number of hydrogen-bond acceptors (Lipinski definition) is 4. The third-order valence-electron chi connectivity index (χ3n) is 5.06. The summed E-state index contributed by atoms with van der Waals surface area (Å²) in [7, 11) is 3.89. The number of likely N-dealkylation sites (N-methyl/N-ethyl adjacent to an activating group) is 1. The van der Waals surface area contributed by atoms with E-state index in [1.54, 1.807) is 4.90 Å². The molecule has 5 nitrogen and oxygen atoms in total. The Hall–Kier alpha value is -1.66. The van der Waals surface area contributed by atoms with Crippen LogP contribution in [0.25, 0.3) is 0 Å². The number of piperidine rings is 1. The lowest BCUT2D eigenvalue weighted by molar-refractivity contribution is -0.150. The molecule has 1 unspecified atom stereocenters. The normalized spacial score (nSPS) is 22.5. The van der Waals surface area contributed by atoms with Gasteiger partial charge in [-0.05, 0) is 45.1 Å². The van der Waals surface area contributed by atoms with Crippen molar-refractivity contribution in [3.05, 3.63) is 34.6 Å². The first kappa shape index (κ1) is 18.1. The summed E-state index contributed by atoms with van der Waals surface area (Å²) in [6.45, 7) is 1.52. The van der Waals surface area contributed by atoms with Crippen LogP contribution < -0.4 is 0 Å². The Kier molecular flexibility index (Phi) is 5.02. The fourth-order valence-electron chi connectivity index (χ4n) is 3.72. The first-order chi connectivity index (χ1) is 11.8. The van der Waals surface area contributed by atoms with Gasteiger partial charge in [0.1, 0.15) is 11.9 Å². The van der Waals surface area contributed by atoms with E-state index in [-0.39, 0.29) is 23.5 Å². The molecule has 136 valence electrons. The Bertz CT molecular complexity index is 687. The van der Waals surface area contributed by atoms with Crippen LogP contribution in [0.1, 0.15) is 29.6 Å². The van der Waals surface area contributed by atoms with E-state index in [1.807, 2.05) is 19.0 Å². The van der Waals surface area contributed by atoms with Crippen LogP contribution in [0.3, 0.4) is 0 Å². The topological polar surface area (TPSA) is 49.9 Å². The van der Waals surface area contributed by atoms with Crippen LogP contribution in [-0.2, 0) is 9.53 Å². The largest absolute Gasteiger partial charge is 0.461 e. The van der Waals surface area contributed by atoms with Crippen LogP contribution in [0.5, 0.6) is 0 Å². The highest BCUT2D eigenvalue weighted by Crippen LogP contribution is 2.43. The summed E-state index contributed by atoms with van der Waals surface area (Å²) in [5, 5.41) is 0.323. The van der Waals surface area contributed by atoms with E-state index in [2.05, 4.69) is 0 Å². The maximum absolute atomic E-state index is 13.9. The second-order valence-electron chi connectivity index (χ2n) is 7.19. The smallest absolute Gasteiger partial charge is 0.312 e. The van der Waals surface area contributed by atoms with Crippen molar-refractivity contribution in [1.29, 1.82) is 0 Å². The van der Waals surface area contributed by atoms with E-state index in [0.29, 0.717) is 43.9 Å². The van der Waals surface area contributed by atoms with E-state index in [0.717, 1.165) is 0 Å². The van der Waals surface area contributed by atoms with Crippen LogP contribution in [0.2, 0.25) is 5.02 Å². The van der Waals surface area contributed by atoms with Crippen molar-refractivity contribution in [2.24, 2.45) is 5.41 Å². The van der Waals surface area contributed by atoms with Crippen LogP contribution in [0.15, 0.2) is 18.2 Å². The van der Waals surface area contributed by atoms with Gasteiger partial charge in [-0.1, -0.05) is 11.6 Å². The lowest BCUT2D eigenvalue weighted by Gasteiger charge is -2.36. The number of likely N-dealkylation sites (tertiary alicyclic amines) is 1. The molecule has 1 aromatic carbocycles. The molecule has 1 atom stereocenters. The van der Waals surface area contributed by atoms with Gasteiger partial charge >= 0.3 is 5.97 Å². The SMILES string of the molecule is CN(C)CC1CC2(CCN(C(=O)c3cc(Cl)ccc3F)CC2)C(=O)O1. The zero-order valence-corrected chi connectivity index (χ0v) is 15.2. The number of hydrogen-bond donors (Lipinski definition) is 0. The van der Waals surface area contributed by atoms with Gasteiger partial charge in [0.25, 0.3) is 5.91 Å². The zero-order valence-electron chi connectivity index (χ0n) is 14.4. The molecule has 2 saturated heterocycles. The Morgan fingerprint density at radius 1 is 1.40 bits per heavy atom. The highest BCUT2D eigenvalue weighted by atomic mass is 35.5. The van der Waals surface area contributed by atoms with Gasteiger partial charge < -0.3 is 14.5 Å².